The van der Waals surface area contributed by atoms with Gasteiger partial charge in [0.25, 0.3) is 0 Å². The smallest absolute Gasteiger partial charge is 0.243 e. The third kappa shape index (κ3) is 4.96. The van der Waals surface area contributed by atoms with Crippen LogP contribution >= 0.6 is 11.8 Å². The van der Waals surface area contributed by atoms with E-state index in [0.717, 1.165) is 0 Å². The van der Waals surface area contributed by atoms with Gasteiger partial charge in [-0.15, -0.1) is 0 Å². The lowest BCUT2D eigenvalue weighted by Gasteiger charge is -2.29. The summed E-state index contributed by atoms with van der Waals surface area (Å²) in [4.78, 5) is 4.48. The molecular formula is C15H22N4O2S2. The van der Waals surface area contributed by atoms with Crippen LogP contribution in [-0.4, -0.2) is 36.2 Å². The number of hydrogen-bond acceptors (Lipinski definition) is 5. The van der Waals surface area contributed by atoms with Gasteiger partial charge in [-0.25, -0.2) is 13.4 Å². The predicted molar refractivity (Wildman–Crippen MR) is 95.1 cm³/mol. The normalized spacial score (nSPS) is 12.7. The van der Waals surface area contributed by atoms with Gasteiger partial charge in [0, 0.05) is 12.1 Å². The van der Waals surface area contributed by atoms with Gasteiger partial charge in [-0.1, -0.05) is 11.8 Å². The van der Waals surface area contributed by atoms with Gasteiger partial charge in [0.05, 0.1) is 10.6 Å². The van der Waals surface area contributed by atoms with Crippen LogP contribution in [0.5, 0.6) is 0 Å². The zero-order valence-electron chi connectivity index (χ0n) is 13.9. The Balaban J connectivity index is 3.15. The number of amidine groups is 1. The van der Waals surface area contributed by atoms with E-state index in [1.54, 1.807) is 18.4 Å². The van der Waals surface area contributed by atoms with E-state index in [0.29, 0.717) is 10.9 Å². The lowest BCUT2D eigenvalue weighted by atomic mass is 10.3. The maximum absolute atomic E-state index is 12.7. The third-order valence-electron chi connectivity index (χ3n) is 3.02. The summed E-state index contributed by atoms with van der Waals surface area (Å²) in [6, 6.07) is 6.08. The summed E-state index contributed by atoms with van der Waals surface area (Å²) < 4.78 is 27.0. The molecule has 1 aromatic rings. The molecule has 0 aliphatic heterocycles. The van der Waals surface area contributed by atoms with Gasteiger partial charge >= 0.3 is 0 Å². The third-order valence-corrected chi connectivity index (χ3v) is 5.86. The van der Waals surface area contributed by atoms with Crippen molar-refractivity contribution in [2.75, 3.05) is 6.26 Å². The molecule has 126 valence electrons. The molecule has 0 fully saturated rings. The number of aliphatic imine (C=N–C) groups is 1. The van der Waals surface area contributed by atoms with Crippen molar-refractivity contribution in [3.63, 3.8) is 0 Å². The van der Waals surface area contributed by atoms with Crippen molar-refractivity contribution in [2.45, 2.75) is 44.7 Å². The summed E-state index contributed by atoms with van der Waals surface area (Å²) in [5, 5.41) is 11.5. The number of benzene rings is 1. The van der Waals surface area contributed by atoms with Gasteiger partial charge in [0.15, 0.2) is 11.4 Å². The summed E-state index contributed by atoms with van der Waals surface area (Å²) in [7, 11) is -3.55. The molecular weight excluding hydrogens is 332 g/mol. The van der Waals surface area contributed by atoms with Gasteiger partial charge < -0.3 is 0 Å². The number of nitrogens with zero attached hydrogens (tertiary/aromatic N) is 3. The Bertz CT molecular complexity index is 681. The summed E-state index contributed by atoms with van der Waals surface area (Å²) in [5.41, 5.74) is 0.580. The SMILES string of the molecule is CSC(=Nc1ccc(S(=O)(=O)N(C(C)C)C(C)C)cc1)NC#N. The molecule has 8 heteroatoms. The van der Waals surface area contributed by atoms with Crippen LogP contribution in [0, 0.1) is 11.5 Å². The van der Waals surface area contributed by atoms with E-state index in [1.807, 2.05) is 33.9 Å². The molecule has 1 rings (SSSR count). The summed E-state index contributed by atoms with van der Waals surface area (Å²) in [6.07, 6.45) is 3.61. The van der Waals surface area contributed by atoms with E-state index >= 15 is 0 Å². The predicted octanol–water partition coefficient (Wildman–Crippen LogP) is 2.92. The average molecular weight is 355 g/mol. The van der Waals surface area contributed by atoms with E-state index in [2.05, 4.69) is 10.3 Å². The maximum Gasteiger partial charge on any atom is 0.243 e. The van der Waals surface area contributed by atoms with Crippen molar-refractivity contribution < 1.29 is 8.42 Å². The minimum atomic E-state index is -3.55. The Morgan fingerprint density at radius 1 is 1.22 bits per heavy atom. The molecule has 1 aromatic carbocycles. The molecule has 0 heterocycles. The van der Waals surface area contributed by atoms with E-state index in [-0.39, 0.29) is 17.0 Å². The zero-order valence-corrected chi connectivity index (χ0v) is 15.6. The average Bonchev–Trinajstić information content (AvgIpc) is 2.46. The largest absolute Gasteiger partial charge is 0.271 e. The first-order chi connectivity index (χ1) is 10.7. The molecule has 0 atom stereocenters. The molecule has 1 N–H and O–H groups in total. The Morgan fingerprint density at radius 2 is 1.74 bits per heavy atom. The van der Waals surface area contributed by atoms with Crippen LogP contribution < -0.4 is 5.32 Å². The van der Waals surface area contributed by atoms with Crippen LogP contribution in [0.15, 0.2) is 34.2 Å². The molecule has 6 nitrogen and oxygen atoms in total. The number of rotatable bonds is 5. The highest BCUT2D eigenvalue weighted by atomic mass is 32.2. The second-order valence-corrected chi connectivity index (χ2v) is 8.01. The number of nitrogens with one attached hydrogen (secondary N) is 1. The highest BCUT2D eigenvalue weighted by molar-refractivity contribution is 8.13. The highest BCUT2D eigenvalue weighted by Gasteiger charge is 2.29. The van der Waals surface area contributed by atoms with Crippen LogP contribution in [0.4, 0.5) is 5.69 Å². The first-order valence-electron chi connectivity index (χ1n) is 7.15. The molecule has 0 aliphatic carbocycles. The minimum absolute atomic E-state index is 0.124. The fraction of sp³-hybridized carbons (Fsp3) is 0.467. The molecule has 0 aliphatic rings. The Labute approximate surface area is 142 Å². The van der Waals surface area contributed by atoms with Crippen LogP contribution in [0.3, 0.4) is 0 Å². The van der Waals surface area contributed by atoms with Gasteiger partial charge in [0.2, 0.25) is 10.0 Å². The van der Waals surface area contributed by atoms with E-state index in [9.17, 15) is 8.42 Å². The first kappa shape index (κ1) is 19.5. The van der Waals surface area contributed by atoms with Crippen molar-refractivity contribution >= 4 is 32.6 Å². The second-order valence-electron chi connectivity index (χ2n) is 5.37. The second kappa shape index (κ2) is 8.34. The Hall–Kier alpha value is -1.56. The van der Waals surface area contributed by atoms with Gasteiger partial charge in [-0.05, 0) is 58.2 Å². The minimum Gasteiger partial charge on any atom is -0.271 e. The Kier molecular flexibility index (Phi) is 7.06. The van der Waals surface area contributed by atoms with Gasteiger partial charge in [-0.2, -0.15) is 9.57 Å². The number of hydrogen-bond donors (Lipinski definition) is 1. The number of thioether (sulfide) groups is 1. The highest BCUT2D eigenvalue weighted by Crippen LogP contribution is 2.23. The lowest BCUT2D eigenvalue weighted by Crippen LogP contribution is -2.41. The van der Waals surface area contributed by atoms with E-state index in [4.69, 9.17) is 5.26 Å². The Morgan fingerprint density at radius 3 is 2.13 bits per heavy atom. The summed E-state index contributed by atoms with van der Waals surface area (Å²) in [5.74, 6) is 0. The van der Waals surface area contributed by atoms with Crippen LogP contribution in [0.2, 0.25) is 0 Å². The van der Waals surface area contributed by atoms with Gasteiger partial charge in [-0.3, -0.25) is 5.32 Å². The molecule has 0 radical (unpaired) electrons. The molecule has 0 aromatic heterocycles. The van der Waals surface area contributed by atoms with E-state index in [1.165, 1.54) is 28.2 Å². The van der Waals surface area contributed by atoms with Crippen LogP contribution in [0.1, 0.15) is 27.7 Å². The van der Waals surface area contributed by atoms with Crippen molar-refractivity contribution in [1.29, 1.82) is 5.26 Å². The number of sulfonamides is 1. The fourth-order valence-electron chi connectivity index (χ4n) is 2.26. The fourth-order valence-corrected chi connectivity index (χ4v) is 4.43. The molecule has 0 bridgehead atoms. The quantitative estimate of drug-likeness (QED) is 0.380. The molecule has 0 spiro atoms. The topological polar surface area (TPSA) is 85.6 Å². The van der Waals surface area contributed by atoms with Crippen LogP contribution in [0.25, 0.3) is 0 Å². The molecule has 0 saturated carbocycles. The number of nitriles is 1. The molecule has 0 amide bonds. The van der Waals surface area contributed by atoms with Crippen molar-refractivity contribution in [1.82, 2.24) is 9.62 Å². The van der Waals surface area contributed by atoms with Gasteiger partial charge in [0.1, 0.15) is 0 Å². The molecule has 23 heavy (non-hydrogen) atoms. The molecule has 0 saturated heterocycles. The standard InChI is InChI=1S/C15H22N4O2S2/c1-11(2)19(12(3)4)23(20,21)14-8-6-13(7-9-14)18-15(22-5)17-10-16/h6-9,11-12H,1-5H3,(H,17,18). The van der Waals surface area contributed by atoms with Crippen molar-refractivity contribution in [2.24, 2.45) is 4.99 Å². The maximum atomic E-state index is 12.7. The lowest BCUT2D eigenvalue weighted by molar-refractivity contribution is 0.302. The summed E-state index contributed by atoms with van der Waals surface area (Å²) >= 11 is 1.30. The zero-order chi connectivity index (χ0) is 17.6. The summed E-state index contributed by atoms with van der Waals surface area (Å²) in [6.45, 7) is 7.42. The first-order valence-corrected chi connectivity index (χ1v) is 9.82. The van der Waals surface area contributed by atoms with E-state index < -0.39 is 10.0 Å². The van der Waals surface area contributed by atoms with Crippen LogP contribution in [-0.2, 0) is 10.0 Å². The van der Waals surface area contributed by atoms with Crippen molar-refractivity contribution in [3.8, 4) is 6.19 Å². The molecule has 0 unspecified atom stereocenters. The monoisotopic (exact) mass is 354 g/mol. The van der Waals surface area contributed by atoms with Crippen molar-refractivity contribution in [3.05, 3.63) is 24.3 Å².